The molecule has 5 nitrogen and oxygen atoms in total. The maximum atomic E-state index is 12.0. The van der Waals surface area contributed by atoms with Crippen molar-refractivity contribution in [2.24, 2.45) is 5.92 Å². The number of rotatable bonds is 8. The second-order valence-electron chi connectivity index (χ2n) is 8.28. The third kappa shape index (κ3) is 4.94. The van der Waals surface area contributed by atoms with E-state index >= 15 is 0 Å². The van der Waals surface area contributed by atoms with Crippen molar-refractivity contribution < 1.29 is 9.84 Å². The van der Waals surface area contributed by atoms with E-state index in [0.717, 1.165) is 62.4 Å². The maximum absolute atomic E-state index is 12.0. The third-order valence-electron chi connectivity index (χ3n) is 6.22. The first kappa shape index (κ1) is 21.5. The summed E-state index contributed by atoms with van der Waals surface area (Å²) in [5, 5.41) is 12.0. The normalized spacial score (nSPS) is 15.7. The minimum Gasteiger partial charge on any atom is -0.494 e. The number of piperidine rings is 1. The maximum Gasteiger partial charge on any atom is 0.119 e. The lowest BCUT2D eigenvalue weighted by atomic mass is 9.72. The molecule has 0 amide bonds. The van der Waals surface area contributed by atoms with Gasteiger partial charge in [-0.1, -0.05) is 19.1 Å². The van der Waals surface area contributed by atoms with Crippen LogP contribution in [0, 0.1) is 5.92 Å². The summed E-state index contributed by atoms with van der Waals surface area (Å²) in [6.07, 6.45) is 9.89. The highest BCUT2D eigenvalue weighted by Gasteiger charge is 2.41. The highest BCUT2D eigenvalue weighted by molar-refractivity contribution is 5.35. The van der Waals surface area contributed by atoms with Crippen molar-refractivity contribution in [1.82, 2.24) is 14.9 Å². The van der Waals surface area contributed by atoms with Gasteiger partial charge in [0.15, 0.2) is 0 Å². The molecule has 31 heavy (non-hydrogen) atoms. The molecule has 3 aromatic rings. The molecular weight excluding hydrogens is 386 g/mol. The van der Waals surface area contributed by atoms with Crippen LogP contribution < -0.4 is 4.74 Å². The van der Waals surface area contributed by atoms with Gasteiger partial charge in [0.1, 0.15) is 11.4 Å². The quantitative estimate of drug-likeness (QED) is 0.588. The molecule has 1 aromatic carbocycles. The molecule has 1 aliphatic rings. The second-order valence-corrected chi connectivity index (χ2v) is 8.28. The number of aliphatic hydroxyl groups is 1. The summed E-state index contributed by atoms with van der Waals surface area (Å²) in [5.74, 6) is 1.07. The Morgan fingerprint density at radius 3 is 1.97 bits per heavy atom. The van der Waals surface area contributed by atoms with Crippen LogP contribution in [0.2, 0.25) is 0 Å². The fourth-order valence-corrected chi connectivity index (χ4v) is 4.53. The molecule has 1 fully saturated rings. The standard InChI is InChI=1S/C26H31N3O2/c1-2-19-31-25-5-3-21(4-6-25)20-29-17-11-24(12-18-29)26(30,22-7-13-27-14-8-22)23-9-15-28-16-10-23/h3-10,13-16,24,30H,2,11-12,17-20H2,1H3. The van der Waals surface area contributed by atoms with Crippen LogP contribution in [-0.4, -0.2) is 39.7 Å². The monoisotopic (exact) mass is 417 g/mol. The molecule has 0 unspecified atom stereocenters. The first-order valence-electron chi connectivity index (χ1n) is 11.2. The van der Waals surface area contributed by atoms with E-state index in [1.54, 1.807) is 24.8 Å². The van der Waals surface area contributed by atoms with E-state index in [-0.39, 0.29) is 5.92 Å². The zero-order valence-electron chi connectivity index (χ0n) is 18.2. The molecule has 4 rings (SSSR count). The van der Waals surface area contributed by atoms with Gasteiger partial charge in [-0.25, -0.2) is 0 Å². The lowest BCUT2D eigenvalue weighted by Crippen LogP contribution is -2.44. The number of benzene rings is 1. The molecule has 3 heterocycles. The topological polar surface area (TPSA) is 58.5 Å². The van der Waals surface area contributed by atoms with Crippen LogP contribution in [0.4, 0.5) is 0 Å². The Bertz CT molecular complexity index is 884. The van der Waals surface area contributed by atoms with Gasteiger partial charge in [-0.3, -0.25) is 14.9 Å². The van der Waals surface area contributed by atoms with Crippen molar-refractivity contribution in [2.45, 2.75) is 38.3 Å². The van der Waals surface area contributed by atoms with Crippen LogP contribution in [0.25, 0.3) is 0 Å². The van der Waals surface area contributed by atoms with Gasteiger partial charge in [0.2, 0.25) is 0 Å². The van der Waals surface area contributed by atoms with Crippen LogP contribution in [0.3, 0.4) is 0 Å². The Morgan fingerprint density at radius 2 is 1.45 bits per heavy atom. The molecule has 1 N–H and O–H groups in total. The molecule has 0 radical (unpaired) electrons. The van der Waals surface area contributed by atoms with Crippen molar-refractivity contribution in [3.8, 4) is 5.75 Å². The van der Waals surface area contributed by atoms with E-state index in [2.05, 4.69) is 46.1 Å². The Kier molecular flexibility index (Phi) is 6.95. The van der Waals surface area contributed by atoms with Crippen molar-refractivity contribution in [3.05, 3.63) is 90.0 Å². The largest absolute Gasteiger partial charge is 0.494 e. The van der Waals surface area contributed by atoms with E-state index in [1.165, 1.54) is 5.56 Å². The van der Waals surface area contributed by atoms with E-state index in [1.807, 2.05) is 24.3 Å². The molecule has 1 saturated heterocycles. The first-order chi connectivity index (χ1) is 15.2. The highest BCUT2D eigenvalue weighted by Crippen LogP contribution is 2.41. The Labute approximate surface area is 184 Å². The molecule has 162 valence electrons. The van der Waals surface area contributed by atoms with Gasteiger partial charge in [0, 0.05) is 31.3 Å². The SMILES string of the molecule is CCCOc1ccc(CN2CCC(C(O)(c3ccncc3)c3ccncc3)CC2)cc1. The van der Waals surface area contributed by atoms with Crippen LogP contribution in [-0.2, 0) is 12.1 Å². The van der Waals surface area contributed by atoms with Gasteiger partial charge in [-0.05, 0) is 91.4 Å². The summed E-state index contributed by atoms with van der Waals surface area (Å²) in [6, 6.07) is 16.1. The van der Waals surface area contributed by atoms with E-state index < -0.39 is 5.60 Å². The Morgan fingerprint density at radius 1 is 0.903 bits per heavy atom. The van der Waals surface area contributed by atoms with Gasteiger partial charge in [-0.2, -0.15) is 0 Å². The molecule has 0 atom stereocenters. The number of hydrogen-bond acceptors (Lipinski definition) is 5. The fourth-order valence-electron chi connectivity index (χ4n) is 4.53. The van der Waals surface area contributed by atoms with Gasteiger partial charge in [0.05, 0.1) is 6.61 Å². The molecular formula is C26H31N3O2. The summed E-state index contributed by atoms with van der Waals surface area (Å²) >= 11 is 0. The predicted molar refractivity (Wildman–Crippen MR) is 122 cm³/mol. The zero-order valence-corrected chi connectivity index (χ0v) is 18.2. The first-order valence-corrected chi connectivity index (χ1v) is 11.2. The number of ether oxygens (including phenoxy) is 1. The molecule has 1 aliphatic heterocycles. The van der Waals surface area contributed by atoms with E-state index in [9.17, 15) is 5.11 Å². The van der Waals surface area contributed by atoms with Crippen LogP contribution in [0.15, 0.2) is 73.3 Å². The molecule has 2 aromatic heterocycles. The Balaban J connectivity index is 1.44. The summed E-state index contributed by atoms with van der Waals surface area (Å²) in [5.41, 5.74) is 2.06. The molecule has 0 saturated carbocycles. The van der Waals surface area contributed by atoms with Crippen molar-refractivity contribution in [2.75, 3.05) is 19.7 Å². The minimum atomic E-state index is -1.03. The molecule has 0 spiro atoms. The molecule has 0 aliphatic carbocycles. The predicted octanol–water partition coefficient (Wildman–Crippen LogP) is 4.41. The van der Waals surface area contributed by atoms with E-state index in [0.29, 0.717) is 0 Å². The summed E-state index contributed by atoms with van der Waals surface area (Å²) < 4.78 is 5.69. The number of nitrogens with zero attached hydrogens (tertiary/aromatic N) is 3. The Hall–Kier alpha value is -2.76. The average molecular weight is 418 g/mol. The van der Waals surface area contributed by atoms with Crippen molar-refractivity contribution >= 4 is 0 Å². The lowest BCUT2D eigenvalue weighted by Gasteiger charge is -2.42. The third-order valence-corrected chi connectivity index (χ3v) is 6.22. The van der Waals surface area contributed by atoms with Gasteiger partial charge >= 0.3 is 0 Å². The number of hydrogen-bond donors (Lipinski definition) is 1. The number of pyridine rings is 2. The zero-order chi connectivity index (χ0) is 21.5. The van der Waals surface area contributed by atoms with Crippen molar-refractivity contribution in [3.63, 3.8) is 0 Å². The smallest absolute Gasteiger partial charge is 0.119 e. The highest BCUT2D eigenvalue weighted by atomic mass is 16.5. The van der Waals surface area contributed by atoms with Gasteiger partial charge in [0.25, 0.3) is 0 Å². The fraction of sp³-hybridized carbons (Fsp3) is 0.385. The van der Waals surface area contributed by atoms with Gasteiger partial charge < -0.3 is 9.84 Å². The van der Waals surface area contributed by atoms with Crippen LogP contribution in [0.1, 0.15) is 42.9 Å². The van der Waals surface area contributed by atoms with E-state index in [4.69, 9.17) is 4.74 Å². The van der Waals surface area contributed by atoms with Crippen molar-refractivity contribution in [1.29, 1.82) is 0 Å². The lowest BCUT2D eigenvalue weighted by molar-refractivity contribution is -0.0153. The summed E-state index contributed by atoms with van der Waals surface area (Å²) in [7, 11) is 0. The molecule has 0 bridgehead atoms. The molecule has 5 heteroatoms. The number of likely N-dealkylation sites (tertiary alicyclic amines) is 1. The minimum absolute atomic E-state index is 0.137. The average Bonchev–Trinajstić information content (AvgIpc) is 2.85. The number of aromatic nitrogens is 2. The van der Waals surface area contributed by atoms with Gasteiger partial charge in [-0.15, -0.1) is 0 Å². The van der Waals surface area contributed by atoms with Crippen LogP contribution >= 0.6 is 0 Å². The summed E-state index contributed by atoms with van der Waals surface area (Å²) in [4.78, 5) is 10.7. The van der Waals surface area contributed by atoms with Crippen LogP contribution in [0.5, 0.6) is 5.75 Å². The summed E-state index contributed by atoms with van der Waals surface area (Å²) in [6.45, 7) is 5.70. The second kappa shape index (κ2) is 10.0.